The zero-order valence-electron chi connectivity index (χ0n) is 14.8. The minimum absolute atomic E-state index is 0.0395. The monoisotopic (exact) mass is 383 g/mol. The number of carbonyl (C=O) groups excluding carboxylic acids is 4. The maximum absolute atomic E-state index is 12.0. The van der Waals surface area contributed by atoms with Gasteiger partial charge in [-0.05, 0) is 45.0 Å². The lowest BCUT2D eigenvalue weighted by atomic mass is 10.2. The second-order valence-corrected chi connectivity index (χ2v) is 6.25. The number of carbonyl (C=O) groups is 4. The van der Waals surface area contributed by atoms with Crippen LogP contribution in [0.25, 0.3) is 0 Å². The highest BCUT2D eigenvalue weighted by Crippen LogP contribution is 2.09. The molecule has 1 aromatic rings. The average Bonchev–Trinajstić information content (AvgIpc) is 2.57. The van der Waals surface area contributed by atoms with Crippen molar-refractivity contribution in [2.75, 3.05) is 13.2 Å². The quantitative estimate of drug-likeness (QED) is 0.570. The summed E-state index contributed by atoms with van der Waals surface area (Å²) >= 11 is 5.74. The van der Waals surface area contributed by atoms with Gasteiger partial charge in [0, 0.05) is 16.6 Å². The van der Waals surface area contributed by atoms with E-state index in [1.54, 1.807) is 26.0 Å². The molecule has 0 aliphatic heterocycles. The van der Waals surface area contributed by atoms with E-state index in [9.17, 15) is 19.2 Å². The van der Waals surface area contributed by atoms with E-state index in [0.717, 1.165) is 0 Å². The molecule has 8 nitrogen and oxygen atoms in total. The molecule has 0 heterocycles. The summed E-state index contributed by atoms with van der Waals surface area (Å²) in [6.07, 6.45) is 0. The summed E-state index contributed by atoms with van der Waals surface area (Å²) in [6, 6.07) is 5.16. The first-order chi connectivity index (χ1) is 12.2. The maximum Gasteiger partial charge on any atom is 0.328 e. The van der Waals surface area contributed by atoms with Gasteiger partial charge in [-0.2, -0.15) is 0 Å². The molecule has 0 aliphatic rings. The van der Waals surface area contributed by atoms with Crippen molar-refractivity contribution in [1.82, 2.24) is 16.0 Å². The van der Waals surface area contributed by atoms with Gasteiger partial charge in [0.1, 0.15) is 6.04 Å². The molecular formula is C17H22ClN3O5. The first-order valence-electron chi connectivity index (χ1n) is 7.98. The standard InChI is InChI=1S/C17H22ClN3O5/c1-10(2)20-14(22)8-19-15(23)9-26-17(25)11(3)21-16(24)12-4-6-13(18)7-5-12/h4-7,10-11H,8-9H2,1-3H3,(H,19,23)(H,20,22)(H,21,24)/t11-/m0/s1. The van der Waals surface area contributed by atoms with Crippen molar-refractivity contribution in [3.05, 3.63) is 34.9 Å². The lowest BCUT2D eigenvalue weighted by Crippen LogP contribution is -2.43. The number of benzene rings is 1. The second-order valence-electron chi connectivity index (χ2n) is 5.81. The predicted molar refractivity (Wildman–Crippen MR) is 95.6 cm³/mol. The molecule has 1 atom stereocenters. The minimum atomic E-state index is -0.949. The van der Waals surface area contributed by atoms with E-state index in [1.807, 2.05) is 0 Å². The lowest BCUT2D eigenvalue weighted by molar-refractivity contribution is -0.150. The summed E-state index contributed by atoms with van der Waals surface area (Å²) in [6.45, 7) is 4.26. The molecule has 0 spiro atoms. The molecule has 9 heteroatoms. The Hall–Kier alpha value is -2.61. The first-order valence-corrected chi connectivity index (χ1v) is 8.36. The minimum Gasteiger partial charge on any atom is -0.454 e. The molecule has 142 valence electrons. The Bertz CT molecular complexity index is 661. The highest BCUT2D eigenvalue weighted by molar-refractivity contribution is 6.30. The molecule has 0 aromatic heterocycles. The van der Waals surface area contributed by atoms with Gasteiger partial charge in [-0.1, -0.05) is 11.6 Å². The van der Waals surface area contributed by atoms with Crippen LogP contribution in [-0.2, 0) is 19.1 Å². The number of rotatable bonds is 8. The van der Waals surface area contributed by atoms with E-state index < -0.39 is 30.4 Å². The Morgan fingerprint density at radius 1 is 1.00 bits per heavy atom. The maximum atomic E-state index is 12.0. The highest BCUT2D eigenvalue weighted by Gasteiger charge is 2.19. The zero-order chi connectivity index (χ0) is 19.7. The number of halogens is 1. The van der Waals surface area contributed by atoms with Crippen LogP contribution in [0.15, 0.2) is 24.3 Å². The van der Waals surface area contributed by atoms with Crippen molar-refractivity contribution >= 4 is 35.3 Å². The van der Waals surface area contributed by atoms with E-state index in [4.69, 9.17) is 16.3 Å². The Balaban J connectivity index is 2.35. The number of hydrogen-bond acceptors (Lipinski definition) is 5. The summed E-state index contributed by atoms with van der Waals surface area (Å²) < 4.78 is 4.82. The molecule has 3 N–H and O–H groups in total. The van der Waals surface area contributed by atoms with Crippen LogP contribution in [0.5, 0.6) is 0 Å². The Morgan fingerprint density at radius 2 is 1.62 bits per heavy atom. The van der Waals surface area contributed by atoms with Crippen LogP contribution in [0.4, 0.5) is 0 Å². The van der Waals surface area contributed by atoms with Crippen LogP contribution in [0.2, 0.25) is 5.02 Å². The van der Waals surface area contributed by atoms with Gasteiger partial charge in [0.2, 0.25) is 5.91 Å². The topological polar surface area (TPSA) is 114 Å². The van der Waals surface area contributed by atoms with Gasteiger partial charge in [-0.25, -0.2) is 4.79 Å². The van der Waals surface area contributed by atoms with Crippen LogP contribution in [0.1, 0.15) is 31.1 Å². The average molecular weight is 384 g/mol. The van der Waals surface area contributed by atoms with Gasteiger partial charge >= 0.3 is 5.97 Å². The van der Waals surface area contributed by atoms with Gasteiger partial charge in [0.05, 0.1) is 6.54 Å². The van der Waals surface area contributed by atoms with Crippen LogP contribution in [-0.4, -0.2) is 48.9 Å². The Labute approximate surface area is 156 Å². The van der Waals surface area contributed by atoms with Crippen molar-refractivity contribution in [2.24, 2.45) is 0 Å². The van der Waals surface area contributed by atoms with E-state index in [-0.39, 0.29) is 18.5 Å². The molecule has 1 aromatic carbocycles. The molecule has 0 fully saturated rings. The van der Waals surface area contributed by atoms with E-state index >= 15 is 0 Å². The smallest absolute Gasteiger partial charge is 0.328 e. The van der Waals surface area contributed by atoms with Gasteiger partial charge in [0.25, 0.3) is 11.8 Å². The van der Waals surface area contributed by atoms with Gasteiger partial charge in [-0.3, -0.25) is 14.4 Å². The summed E-state index contributed by atoms with van der Waals surface area (Å²) in [5, 5.41) is 7.88. The number of nitrogens with one attached hydrogen (secondary N) is 3. The molecule has 26 heavy (non-hydrogen) atoms. The van der Waals surface area contributed by atoms with Gasteiger partial charge in [0.15, 0.2) is 6.61 Å². The van der Waals surface area contributed by atoms with Crippen LogP contribution < -0.4 is 16.0 Å². The third-order valence-electron chi connectivity index (χ3n) is 3.05. The number of hydrogen-bond donors (Lipinski definition) is 3. The van der Waals surface area contributed by atoms with E-state index in [1.165, 1.54) is 19.1 Å². The van der Waals surface area contributed by atoms with Crippen molar-refractivity contribution in [2.45, 2.75) is 32.9 Å². The van der Waals surface area contributed by atoms with E-state index in [2.05, 4.69) is 16.0 Å². The third-order valence-corrected chi connectivity index (χ3v) is 3.30. The first kappa shape index (κ1) is 21.4. The fourth-order valence-electron chi connectivity index (χ4n) is 1.80. The molecule has 0 saturated carbocycles. The van der Waals surface area contributed by atoms with Gasteiger partial charge < -0.3 is 20.7 Å². The van der Waals surface area contributed by atoms with Crippen molar-refractivity contribution in [3.8, 4) is 0 Å². The SMILES string of the molecule is CC(C)NC(=O)CNC(=O)COC(=O)[C@H](C)NC(=O)c1ccc(Cl)cc1. The summed E-state index contributed by atoms with van der Waals surface area (Å²) in [7, 11) is 0. The molecule has 0 unspecified atom stereocenters. The van der Waals surface area contributed by atoms with Crippen LogP contribution >= 0.6 is 11.6 Å². The molecule has 0 bridgehead atoms. The van der Waals surface area contributed by atoms with Crippen molar-refractivity contribution in [1.29, 1.82) is 0 Å². The van der Waals surface area contributed by atoms with Crippen LogP contribution in [0.3, 0.4) is 0 Å². The number of esters is 1. The van der Waals surface area contributed by atoms with Crippen LogP contribution in [0, 0.1) is 0 Å². The Kier molecular flexibility index (Phi) is 8.57. The predicted octanol–water partition coefficient (Wildman–Crippen LogP) is 0.642. The fourth-order valence-corrected chi connectivity index (χ4v) is 1.93. The molecule has 3 amide bonds. The molecule has 0 radical (unpaired) electrons. The van der Waals surface area contributed by atoms with Crippen molar-refractivity contribution in [3.63, 3.8) is 0 Å². The molecule has 0 saturated heterocycles. The highest BCUT2D eigenvalue weighted by atomic mass is 35.5. The lowest BCUT2D eigenvalue weighted by Gasteiger charge is -2.13. The zero-order valence-corrected chi connectivity index (χ0v) is 15.6. The van der Waals surface area contributed by atoms with E-state index in [0.29, 0.717) is 10.6 Å². The Morgan fingerprint density at radius 3 is 2.19 bits per heavy atom. The summed E-state index contributed by atoms with van der Waals surface area (Å²) in [4.78, 5) is 46.8. The molecule has 1 rings (SSSR count). The molecular weight excluding hydrogens is 362 g/mol. The largest absolute Gasteiger partial charge is 0.454 e. The van der Waals surface area contributed by atoms with Gasteiger partial charge in [-0.15, -0.1) is 0 Å². The summed E-state index contributed by atoms with van der Waals surface area (Å²) in [5.41, 5.74) is 0.336. The fraction of sp³-hybridized carbons (Fsp3) is 0.412. The number of ether oxygens (including phenoxy) is 1. The second kappa shape index (κ2) is 10.4. The summed E-state index contributed by atoms with van der Waals surface area (Å²) in [5.74, 6) is -2.20. The third kappa shape index (κ3) is 7.98. The molecule has 0 aliphatic carbocycles. The number of amides is 3. The normalized spacial score (nSPS) is 11.4. The van der Waals surface area contributed by atoms with Crippen molar-refractivity contribution < 1.29 is 23.9 Å².